The third-order valence-electron chi connectivity index (χ3n) is 6.40. The first-order valence-electron chi connectivity index (χ1n) is 12.7. The summed E-state index contributed by atoms with van der Waals surface area (Å²) in [6.45, 7) is 8.89. The lowest BCUT2D eigenvalue weighted by atomic mass is 9.96. The Hall–Kier alpha value is -2.87. The molecule has 8 heteroatoms. The van der Waals surface area contributed by atoms with Crippen LogP contribution in [-0.2, 0) is 27.3 Å². The Labute approximate surface area is 208 Å². The third kappa shape index (κ3) is 7.07. The zero-order valence-electron chi connectivity index (χ0n) is 21.6. The average Bonchev–Trinajstić information content (AvgIpc) is 2.91. The van der Waals surface area contributed by atoms with E-state index in [0.29, 0.717) is 36.0 Å². The molecule has 35 heavy (non-hydrogen) atoms. The molecule has 1 aliphatic rings. The van der Waals surface area contributed by atoms with Crippen LogP contribution in [0.3, 0.4) is 0 Å². The number of rotatable bonds is 10. The largest absolute Gasteiger partial charge is 0.507 e. The minimum atomic E-state index is -0.119. The van der Waals surface area contributed by atoms with Crippen LogP contribution in [0.25, 0.3) is 11.3 Å². The molecule has 0 spiro atoms. The summed E-state index contributed by atoms with van der Waals surface area (Å²) in [5, 5.41) is 23.3. The third-order valence-corrected chi connectivity index (χ3v) is 6.40. The normalized spacial score (nSPS) is 15.1. The Bertz CT molecular complexity index is 995. The first-order valence-corrected chi connectivity index (χ1v) is 12.7. The van der Waals surface area contributed by atoms with Crippen LogP contribution in [0.4, 0.5) is 5.82 Å². The molecule has 3 rings (SSSR count). The standard InChI is InChI=1S/C27H39N3O5/c1-6-18(27(32)35-17(3)4)10-11-21(7-2)28-24-14-19-9-8-12-34-16-20-13-22(33-5)15-23(31)25(20)26(19)30-29-24/h13-15,17-18,21,31H,6-12,16H2,1-5H3,(H,28,29). The molecule has 0 radical (unpaired) electrons. The predicted molar refractivity (Wildman–Crippen MR) is 136 cm³/mol. The van der Waals surface area contributed by atoms with Crippen molar-refractivity contribution in [3.05, 3.63) is 29.3 Å². The van der Waals surface area contributed by atoms with Crippen molar-refractivity contribution in [2.24, 2.45) is 5.92 Å². The molecule has 0 saturated carbocycles. The fourth-order valence-electron chi connectivity index (χ4n) is 4.42. The molecule has 0 aliphatic carbocycles. The number of hydrogen-bond donors (Lipinski definition) is 2. The van der Waals surface area contributed by atoms with E-state index in [4.69, 9.17) is 14.2 Å². The Balaban J connectivity index is 1.79. The lowest BCUT2D eigenvalue weighted by molar-refractivity contribution is -0.152. The van der Waals surface area contributed by atoms with Gasteiger partial charge >= 0.3 is 5.97 Å². The van der Waals surface area contributed by atoms with Gasteiger partial charge < -0.3 is 24.6 Å². The molecule has 0 bridgehead atoms. The summed E-state index contributed by atoms with van der Waals surface area (Å²) in [4.78, 5) is 12.4. The molecule has 0 saturated heterocycles. The summed E-state index contributed by atoms with van der Waals surface area (Å²) >= 11 is 0. The second kappa shape index (κ2) is 12.7. The number of aryl methyl sites for hydroxylation is 1. The minimum Gasteiger partial charge on any atom is -0.507 e. The summed E-state index contributed by atoms with van der Waals surface area (Å²) in [6.07, 6.45) is 4.75. The molecule has 0 amide bonds. The van der Waals surface area contributed by atoms with E-state index in [1.807, 2.05) is 32.9 Å². The van der Waals surface area contributed by atoms with Gasteiger partial charge in [0.15, 0.2) is 0 Å². The summed E-state index contributed by atoms with van der Waals surface area (Å²) in [7, 11) is 1.57. The lowest BCUT2D eigenvalue weighted by Crippen LogP contribution is -2.25. The maximum Gasteiger partial charge on any atom is 0.309 e. The van der Waals surface area contributed by atoms with Crippen LogP contribution in [0.1, 0.15) is 70.9 Å². The van der Waals surface area contributed by atoms with E-state index in [1.165, 1.54) is 0 Å². The van der Waals surface area contributed by atoms with Gasteiger partial charge in [0, 0.05) is 24.3 Å². The van der Waals surface area contributed by atoms with Crippen LogP contribution in [0, 0.1) is 5.92 Å². The van der Waals surface area contributed by atoms with Crippen LogP contribution in [0.15, 0.2) is 18.2 Å². The number of phenolic OH excluding ortho intramolecular Hbond substituents is 1. The Morgan fingerprint density at radius 1 is 1.14 bits per heavy atom. The van der Waals surface area contributed by atoms with Crippen molar-refractivity contribution in [3.8, 4) is 22.8 Å². The zero-order valence-corrected chi connectivity index (χ0v) is 21.6. The number of esters is 1. The fraction of sp³-hybridized carbons (Fsp3) is 0.593. The summed E-state index contributed by atoms with van der Waals surface area (Å²) in [5.41, 5.74) is 3.15. The van der Waals surface area contributed by atoms with Crippen LogP contribution >= 0.6 is 0 Å². The van der Waals surface area contributed by atoms with Gasteiger partial charge in [0.25, 0.3) is 0 Å². The zero-order chi connectivity index (χ0) is 25.4. The first-order chi connectivity index (χ1) is 16.9. The van der Waals surface area contributed by atoms with Crippen molar-refractivity contribution < 1.29 is 24.1 Å². The molecule has 0 fully saturated rings. The number of aromatic nitrogens is 2. The molecule has 2 atom stereocenters. The molecule has 1 aromatic carbocycles. The van der Waals surface area contributed by atoms with Crippen LogP contribution in [0.5, 0.6) is 11.5 Å². The second-order valence-electron chi connectivity index (χ2n) is 9.36. The smallest absolute Gasteiger partial charge is 0.309 e. The molecule has 8 nitrogen and oxygen atoms in total. The minimum absolute atomic E-state index is 0.101. The molecular weight excluding hydrogens is 446 g/mol. The molecule has 1 aliphatic heterocycles. The van der Waals surface area contributed by atoms with Gasteiger partial charge in [0.05, 0.1) is 25.7 Å². The van der Waals surface area contributed by atoms with E-state index in [9.17, 15) is 9.90 Å². The van der Waals surface area contributed by atoms with Gasteiger partial charge in [-0.1, -0.05) is 13.8 Å². The number of phenols is 1. The number of aromatic hydroxyl groups is 1. The van der Waals surface area contributed by atoms with E-state index >= 15 is 0 Å². The predicted octanol–water partition coefficient (Wildman–Crippen LogP) is 5.27. The Kier molecular flexibility index (Phi) is 9.72. The number of anilines is 1. The van der Waals surface area contributed by atoms with Crippen molar-refractivity contribution >= 4 is 11.8 Å². The van der Waals surface area contributed by atoms with Crippen molar-refractivity contribution in [2.75, 3.05) is 19.0 Å². The molecule has 2 unspecified atom stereocenters. The highest BCUT2D eigenvalue weighted by Gasteiger charge is 2.23. The number of carbonyl (C=O) groups is 1. The lowest BCUT2D eigenvalue weighted by Gasteiger charge is -2.22. The monoisotopic (exact) mass is 485 g/mol. The summed E-state index contributed by atoms with van der Waals surface area (Å²) in [6, 6.07) is 5.65. The number of benzene rings is 1. The Morgan fingerprint density at radius 3 is 2.63 bits per heavy atom. The van der Waals surface area contributed by atoms with Crippen LogP contribution in [-0.4, -0.2) is 47.1 Å². The van der Waals surface area contributed by atoms with E-state index in [-0.39, 0.29) is 29.8 Å². The van der Waals surface area contributed by atoms with Gasteiger partial charge in [0.2, 0.25) is 0 Å². The summed E-state index contributed by atoms with van der Waals surface area (Å²) < 4.78 is 16.6. The van der Waals surface area contributed by atoms with Crippen molar-refractivity contribution in [1.82, 2.24) is 10.2 Å². The number of nitrogens with one attached hydrogen (secondary N) is 1. The molecule has 2 aromatic rings. The first kappa shape index (κ1) is 26.7. The molecular formula is C27H39N3O5. The molecule has 1 aromatic heterocycles. The fourth-order valence-corrected chi connectivity index (χ4v) is 4.42. The number of fused-ring (bicyclic) bond motifs is 3. The van der Waals surface area contributed by atoms with E-state index in [0.717, 1.165) is 49.7 Å². The highest BCUT2D eigenvalue weighted by molar-refractivity contribution is 5.75. The maximum atomic E-state index is 12.4. The van der Waals surface area contributed by atoms with Crippen molar-refractivity contribution in [2.45, 2.75) is 85.0 Å². The number of nitrogens with zero attached hydrogens (tertiary/aromatic N) is 2. The number of methoxy groups -OCH3 is 1. The van der Waals surface area contributed by atoms with Gasteiger partial charge in [-0.3, -0.25) is 4.79 Å². The van der Waals surface area contributed by atoms with E-state index in [2.05, 4.69) is 22.4 Å². The van der Waals surface area contributed by atoms with Gasteiger partial charge in [-0.2, -0.15) is 0 Å². The highest BCUT2D eigenvalue weighted by Crippen LogP contribution is 2.38. The quantitative estimate of drug-likeness (QED) is 0.439. The molecule has 192 valence electrons. The average molecular weight is 486 g/mol. The van der Waals surface area contributed by atoms with E-state index in [1.54, 1.807) is 13.2 Å². The number of ether oxygens (including phenoxy) is 3. The molecule has 2 N–H and O–H groups in total. The highest BCUT2D eigenvalue weighted by atomic mass is 16.5. The second-order valence-corrected chi connectivity index (χ2v) is 9.36. The van der Waals surface area contributed by atoms with E-state index < -0.39 is 0 Å². The SMILES string of the molecule is CCC(CCC(CC)C(=O)OC(C)C)Nc1cc2c(nn1)-c1c(O)cc(OC)cc1COCCC2. The van der Waals surface area contributed by atoms with Gasteiger partial charge in [-0.25, -0.2) is 0 Å². The topological polar surface area (TPSA) is 103 Å². The maximum absolute atomic E-state index is 12.4. The van der Waals surface area contributed by atoms with Gasteiger partial charge in [-0.05, 0) is 75.6 Å². The van der Waals surface area contributed by atoms with Gasteiger partial charge in [0.1, 0.15) is 23.0 Å². The van der Waals surface area contributed by atoms with Gasteiger partial charge in [-0.15, -0.1) is 10.2 Å². The summed E-state index contributed by atoms with van der Waals surface area (Å²) in [5.74, 6) is 1.15. The van der Waals surface area contributed by atoms with Crippen molar-refractivity contribution in [3.63, 3.8) is 0 Å². The number of carbonyl (C=O) groups excluding carboxylic acids is 1. The van der Waals surface area contributed by atoms with Crippen molar-refractivity contribution in [1.29, 1.82) is 0 Å². The Morgan fingerprint density at radius 2 is 1.94 bits per heavy atom. The van der Waals surface area contributed by atoms with Crippen LogP contribution in [0.2, 0.25) is 0 Å². The molecule has 2 heterocycles. The number of hydrogen-bond acceptors (Lipinski definition) is 8. The van der Waals surface area contributed by atoms with Crippen LogP contribution < -0.4 is 10.1 Å².